The molecule has 5 rings (SSSR count). The van der Waals surface area contributed by atoms with E-state index in [0.29, 0.717) is 49.0 Å². The number of sulfonamides is 1. The van der Waals surface area contributed by atoms with Gasteiger partial charge in [0.1, 0.15) is 36.3 Å². The number of H-pyrrole nitrogens is 2. The number of nitrogens with one attached hydrogen (secondary N) is 8. The molecule has 0 aliphatic heterocycles. The molecular weight excluding hydrogens is 891 g/mol. The lowest BCUT2D eigenvalue weighted by molar-refractivity contribution is -0.135. The van der Waals surface area contributed by atoms with Crippen LogP contribution in [0.3, 0.4) is 0 Å². The third-order valence-electron chi connectivity index (χ3n) is 11.3. The van der Waals surface area contributed by atoms with E-state index in [-0.39, 0.29) is 37.9 Å². The second-order valence-electron chi connectivity index (χ2n) is 16.8. The third-order valence-corrected chi connectivity index (χ3v) is 12.7. The Labute approximate surface area is 396 Å². The second-order valence-corrected chi connectivity index (χ2v) is 18.5. The highest BCUT2D eigenvalue weighted by Gasteiger charge is 2.33. The van der Waals surface area contributed by atoms with Crippen molar-refractivity contribution in [2.75, 3.05) is 6.54 Å². The normalized spacial score (nSPS) is 14.1. The molecular formula is C48H63N11O8S. The molecule has 0 spiro atoms. The number of fused-ring (bicyclic) bond motifs is 1. The van der Waals surface area contributed by atoms with E-state index in [4.69, 9.17) is 11.5 Å². The molecule has 5 aromatic rings. The Hall–Kier alpha value is -6.90. The van der Waals surface area contributed by atoms with Crippen molar-refractivity contribution in [3.63, 3.8) is 0 Å². The van der Waals surface area contributed by atoms with E-state index in [1.54, 1.807) is 66.9 Å². The zero-order valence-electron chi connectivity index (χ0n) is 38.3. The van der Waals surface area contributed by atoms with Gasteiger partial charge in [0.2, 0.25) is 45.5 Å². The number of para-hydroxylation sites is 1. The number of benzene rings is 3. The van der Waals surface area contributed by atoms with E-state index in [2.05, 4.69) is 46.3 Å². The predicted octanol–water partition coefficient (Wildman–Crippen LogP) is 1.66. The topological polar surface area (TPSA) is 305 Å². The first-order chi connectivity index (χ1) is 32.7. The van der Waals surface area contributed by atoms with Crippen molar-refractivity contribution in [2.24, 2.45) is 11.5 Å². The van der Waals surface area contributed by atoms with Gasteiger partial charge < -0.3 is 48.0 Å². The van der Waals surface area contributed by atoms with Crippen molar-refractivity contribution in [3.05, 3.63) is 126 Å². The van der Waals surface area contributed by atoms with Gasteiger partial charge in [0.15, 0.2) is 0 Å². The minimum absolute atomic E-state index is 0.0173. The lowest BCUT2D eigenvalue weighted by Gasteiger charge is -2.27. The molecule has 0 aliphatic carbocycles. The first kappa shape index (κ1) is 52.1. The number of primary amides is 1. The molecule has 6 atom stereocenters. The fraction of sp³-hybridized carbons (Fsp3) is 0.396. The highest BCUT2D eigenvalue weighted by molar-refractivity contribution is 7.88. The summed E-state index contributed by atoms with van der Waals surface area (Å²) in [7, 11) is -3.96. The molecule has 20 heteroatoms. The molecule has 3 aromatic carbocycles. The SMILES string of the molecule is CCCC[C@H](NS(=O)(=O)Cc1ccccc1)C(=O)N[C@@H](C)C(=O)N[C@@H](Cc1cnc[nH]1)C(=O)N[C@H](Cc1ccccc1)C(=O)N[C@@H](CCCCN)C(=O)N[C@@H](Cc1c[nH]c2ccccc12)C(N)=O. The van der Waals surface area contributed by atoms with E-state index in [9.17, 15) is 37.2 Å². The maximum absolute atomic E-state index is 14.4. The highest BCUT2D eigenvalue weighted by Crippen LogP contribution is 2.19. The van der Waals surface area contributed by atoms with Gasteiger partial charge in [-0.05, 0) is 61.9 Å². The Morgan fingerprint density at radius 2 is 1.21 bits per heavy atom. The minimum atomic E-state index is -3.96. The Balaban J connectivity index is 1.32. The van der Waals surface area contributed by atoms with Crippen LogP contribution in [0.25, 0.3) is 10.9 Å². The number of hydrogen-bond acceptors (Lipinski definition) is 10. The molecule has 68 heavy (non-hydrogen) atoms. The van der Waals surface area contributed by atoms with Gasteiger partial charge in [-0.3, -0.25) is 28.8 Å². The summed E-state index contributed by atoms with van der Waals surface area (Å²) in [6, 6.07) is 17.6. The van der Waals surface area contributed by atoms with Crippen molar-refractivity contribution < 1.29 is 37.2 Å². The lowest BCUT2D eigenvalue weighted by atomic mass is 10.0. The Morgan fingerprint density at radius 1 is 0.632 bits per heavy atom. The quantitative estimate of drug-likeness (QED) is 0.0324. The molecule has 0 aliphatic rings. The fourth-order valence-electron chi connectivity index (χ4n) is 7.59. The summed E-state index contributed by atoms with van der Waals surface area (Å²) in [4.78, 5) is 92.9. The van der Waals surface area contributed by atoms with E-state index in [0.717, 1.165) is 16.5 Å². The van der Waals surface area contributed by atoms with Crippen LogP contribution < -0.4 is 42.8 Å². The summed E-state index contributed by atoms with van der Waals surface area (Å²) in [6.45, 7) is 3.63. The molecule has 364 valence electrons. The van der Waals surface area contributed by atoms with Crippen LogP contribution in [0.1, 0.15) is 74.8 Å². The van der Waals surface area contributed by atoms with Crippen LogP contribution in [0.15, 0.2) is 104 Å². The highest BCUT2D eigenvalue weighted by atomic mass is 32.2. The van der Waals surface area contributed by atoms with E-state index >= 15 is 0 Å². The summed E-state index contributed by atoms with van der Waals surface area (Å²) in [5.74, 6) is -4.77. The minimum Gasteiger partial charge on any atom is -0.368 e. The Bertz CT molecular complexity index is 2540. The number of rotatable bonds is 28. The molecule has 19 nitrogen and oxygen atoms in total. The number of carbonyl (C=O) groups is 6. The van der Waals surface area contributed by atoms with Crippen LogP contribution in [0.2, 0.25) is 0 Å². The molecule has 0 unspecified atom stereocenters. The van der Waals surface area contributed by atoms with E-state index in [1.165, 1.54) is 19.4 Å². The molecule has 2 heterocycles. The van der Waals surface area contributed by atoms with Crippen LogP contribution in [0, 0.1) is 0 Å². The van der Waals surface area contributed by atoms with Gasteiger partial charge in [0.05, 0.1) is 12.1 Å². The lowest BCUT2D eigenvalue weighted by Crippen LogP contribution is -2.60. The third kappa shape index (κ3) is 16.2. The van der Waals surface area contributed by atoms with Gasteiger partial charge in [-0.15, -0.1) is 0 Å². The van der Waals surface area contributed by atoms with Crippen molar-refractivity contribution in [1.29, 1.82) is 0 Å². The predicted molar refractivity (Wildman–Crippen MR) is 257 cm³/mol. The molecule has 12 N–H and O–H groups in total. The number of imidazole rings is 1. The van der Waals surface area contributed by atoms with Crippen LogP contribution in [0.5, 0.6) is 0 Å². The van der Waals surface area contributed by atoms with Crippen molar-refractivity contribution in [1.82, 2.24) is 46.3 Å². The van der Waals surface area contributed by atoms with Gasteiger partial charge in [0, 0.05) is 48.3 Å². The molecule has 6 amide bonds. The molecule has 2 aromatic heterocycles. The Kier molecular flexibility index (Phi) is 19.8. The summed E-state index contributed by atoms with van der Waals surface area (Å²) in [6.07, 6.45) is 7.07. The molecule has 0 fully saturated rings. The maximum Gasteiger partial charge on any atom is 0.243 e. The smallest absolute Gasteiger partial charge is 0.243 e. The van der Waals surface area contributed by atoms with Gasteiger partial charge >= 0.3 is 0 Å². The van der Waals surface area contributed by atoms with Gasteiger partial charge in [0.25, 0.3) is 0 Å². The number of nitrogens with two attached hydrogens (primary N) is 2. The number of nitrogens with zero attached hydrogens (tertiary/aromatic N) is 1. The van der Waals surface area contributed by atoms with Gasteiger partial charge in [-0.1, -0.05) is 98.6 Å². The zero-order valence-corrected chi connectivity index (χ0v) is 39.1. The Morgan fingerprint density at radius 3 is 1.85 bits per heavy atom. The maximum atomic E-state index is 14.4. The number of carbonyl (C=O) groups excluding carboxylic acids is 6. The van der Waals surface area contributed by atoms with Crippen molar-refractivity contribution >= 4 is 56.4 Å². The summed E-state index contributed by atoms with van der Waals surface area (Å²) >= 11 is 0. The molecule has 0 radical (unpaired) electrons. The number of amides is 6. The number of aromatic nitrogens is 3. The number of aromatic amines is 2. The van der Waals surface area contributed by atoms with Crippen molar-refractivity contribution in [3.8, 4) is 0 Å². The average molecular weight is 954 g/mol. The molecule has 0 saturated carbocycles. The number of hydrogen-bond donors (Lipinski definition) is 10. The van der Waals surface area contributed by atoms with Gasteiger partial charge in [-0.2, -0.15) is 0 Å². The summed E-state index contributed by atoms with van der Waals surface area (Å²) in [5, 5.41) is 14.4. The van der Waals surface area contributed by atoms with Crippen LogP contribution in [-0.2, 0) is 63.8 Å². The summed E-state index contributed by atoms with van der Waals surface area (Å²) in [5.41, 5.74) is 14.8. The number of unbranched alkanes of at least 4 members (excludes halogenated alkanes) is 2. The van der Waals surface area contributed by atoms with Gasteiger partial charge in [-0.25, -0.2) is 18.1 Å². The van der Waals surface area contributed by atoms with E-state index < -0.39 is 81.7 Å². The van der Waals surface area contributed by atoms with Crippen LogP contribution >= 0.6 is 0 Å². The fourth-order valence-corrected chi connectivity index (χ4v) is 8.96. The van der Waals surface area contributed by atoms with Crippen LogP contribution in [-0.4, -0.2) is 102 Å². The largest absolute Gasteiger partial charge is 0.368 e. The average Bonchev–Trinajstić information content (AvgIpc) is 3.99. The first-order valence-electron chi connectivity index (χ1n) is 22.8. The zero-order chi connectivity index (χ0) is 49.1. The van der Waals surface area contributed by atoms with Crippen LogP contribution in [0.4, 0.5) is 0 Å². The second kappa shape index (κ2) is 25.9. The molecule has 0 bridgehead atoms. The standard InChI is InChI=1S/C48H63N11O8S/c1-3-4-20-39(59-68(66,67)29-33-17-9-6-10-18-33)46(63)54-31(2)44(61)57-42(26-35-28-51-30-53-35)48(65)58-41(24-32-15-7-5-8-16-32)47(64)55-38(22-13-14-23-49)45(62)56-40(43(50)60)25-34-27-52-37-21-12-11-19-36(34)37/h5-12,15-19,21,27-28,30-31,38-42,52,59H,3-4,13-14,20,22-26,29,49H2,1-2H3,(H2,50,60)(H,51,53)(H,54,63)(H,55,64)(H,56,62)(H,57,61)(H,58,65)/t31-,38-,39-,40-,41+,42-/m0/s1. The summed E-state index contributed by atoms with van der Waals surface area (Å²) < 4.78 is 28.8. The monoisotopic (exact) mass is 953 g/mol. The first-order valence-corrected chi connectivity index (χ1v) is 24.4. The van der Waals surface area contributed by atoms with E-state index in [1.807, 2.05) is 31.2 Å². The molecule has 0 saturated heterocycles. The van der Waals surface area contributed by atoms with Crippen molar-refractivity contribution in [2.45, 2.75) is 114 Å².